The first-order valence-electron chi connectivity index (χ1n) is 9.19. The van der Waals surface area contributed by atoms with Crippen LogP contribution in [0.3, 0.4) is 0 Å². The molecular weight excluding hydrogens is 340 g/mol. The standard InChI is InChI=1S/C20H22N6O/c27-20(26-9-2-6-21-8-10-26)18-13-25-19(14-23-18)24-12-15-4-5-16-3-1-7-22-17(16)11-15/h1,3-5,7,11,13-14,21H,2,6,8-10,12H2,(H,24,25). The van der Waals surface area contributed by atoms with Gasteiger partial charge in [0.1, 0.15) is 11.5 Å². The number of carbonyl (C=O) groups is 1. The van der Waals surface area contributed by atoms with E-state index in [4.69, 9.17) is 0 Å². The molecule has 27 heavy (non-hydrogen) atoms. The van der Waals surface area contributed by atoms with Gasteiger partial charge in [-0.1, -0.05) is 18.2 Å². The highest BCUT2D eigenvalue weighted by molar-refractivity contribution is 5.92. The Balaban J connectivity index is 1.39. The molecule has 3 heterocycles. The summed E-state index contributed by atoms with van der Waals surface area (Å²) in [5.41, 5.74) is 2.47. The molecule has 0 aliphatic carbocycles. The van der Waals surface area contributed by atoms with E-state index in [1.54, 1.807) is 18.6 Å². The SMILES string of the molecule is O=C(c1cnc(NCc2ccc3cccnc3c2)cn1)N1CCCNCC1. The number of amides is 1. The number of carbonyl (C=O) groups excluding carboxylic acids is 1. The fourth-order valence-corrected chi connectivity index (χ4v) is 3.16. The summed E-state index contributed by atoms with van der Waals surface area (Å²) in [7, 11) is 0. The van der Waals surface area contributed by atoms with Crippen molar-refractivity contribution in [1.29, 1.82) is 0 Å². The van der Waals surface area contributed by atoms with Gasteiger partial charge in [-0.2, -0.15) is 0 Å². The molecule has 3 aromatic rings. The molecule has 2 aromatic heterocycles. The number of nitrogens with one attached hydrogen (secondary N) is 2. The van der Waals surface area contributed by atoms with E-state index in [2.05, 4.69) is 43.8 Å². The summed E-state index contributed by atoms with van der Waals surface area (Å²) in [6.07, 6.45) is 5.91. The van der Waals surface area contributed by atoms with E-state index in [0.29, 0.717) is 24.6 Å². The van der Waals surface area contributed by atoms with Crippen molar-refractivity contribution in [1.82, 2.24) is 25.2 Å². The normalized spacial score (nSPS) is 14.7. The van der Waals surface area contributed by atoms with Gasteiger partial charge in [0.15, 0.2) is 0 Å². The molecule has 7 nitrogen and oxygen atoms in total. The summed E-state index contributed by atoms with van der Waals surface area (Å²) in [5.74, 6) is 0.587. The third-order valence-electron chi connectivity index (χ3n) is 4.64. The lowest BCUT2D eigenvalue weighted by Gasteiger charge is -2.19. The van der Waals surface area contributed by atoms with Crippen molar-refractivity contribution in [2.24, 2.45) is 0 Å². The molecule has 0 saturated carbocycles. The molecule has 4 rings (SSSR count). The average Bonchev–Trinajstić information content (AvgIpc) is 3.01. The summed E-state index contributed by atoms with van der Waals surface area (Å²) in [6.45, 7) is 3.84. The van der Waals surface area contributed by atoms with Crippen molar-refractivity contribution in [3.8, 4) is 0 Å². The number of fused-ring (bicyclic) bond motifs is 1. The monoisotopic (exact) mass is 362 g/mol. The number of hydrogen-bond donors (Lipinski definition) is 2. The smallest absolute Gasteiger partial charge is 0.274 e. The van der Waals surface area contributed by atoms with Crippen LogP contribution in [0.1, 0.15) is 22.5 Å². The molecular formula is C20H22N6O. The van der Waals surface area contributed by atoms with Crippen LogP contribution in [0.5, 0.6) is 0 Å². The molecule has 0 atom stereocenters. The fraction of sp³-hybridized carbons (Fsp3) is 0.300. The van der Waals surface area contributed by atoms with Gasteiger partial charge in [0, 0.05) is 37.8 Å². The predicted octanol–water partition coefficient (Wildman–Crippen LogP) is 2.07. The number of hydrogen-bond acceptors (Lipinski definition) is 6. The van der Waals surface area contributed by atoms with Crippen LogP contribution >= 0.6 is 0 Å². The van der Waals surface area contributed by atoms with Crippen LogP contribution in [0.25, 0.3) is 10.9 Å². The molecule has 7 heteroatoms. The average molecular weight is 362 g/mol. The number of aromatic nitrogens is 3. The van der Waals surface area contributed by atoms with Crippen LogP contribution in [0.4, 0.5) is 5.82 Å². The third-order valence-corrected chi connectivity index (χ3v) is 4.64. The molecule has 0 bridgehead atoms. The van der Waals surface area contributed by atoms with Crippen LogP contribution in [0, 0.1) is 0 Å². The largest absolute Gasteiger partial charge is 0.365 e. The molecule has 0 radical (unpaired) electrons. The van der Waals surface area contributed by atoms with Crippen molar-refractivity contribution >= 4 is 22.6 Å². The Morgan fingerprint density at radius 1 is 1.11 bits per heavy atom. The second kappa shape index (κ2) is 8.09. The number of rotatable bonds is 4. The second-order valence-corrected chi connectivity index (χ2v) is 6.57. The Kier molecular flexibility index (Phi) is 5.20. The molecule has 0 spiro atoms. The van der Waals surface area contributed by atoms with Crippen LogP contribution in [-0.2, 0) is 6.54 Å². The molecule has 1 aromatic carbocycles. The van der Waals surface area contributed by atoms with Gasteiger partial charge in [0.25, 0.3) is 5.91 Å². The Morgan fingerprint density at radius 3 is 2.96 bits per heavy atom. The Bertz CT molecular complexity index is 919. The van der Waals surface area contributed by atoms with E-state index in [-0.39, 0.29) is 5.91 Å². The first-order chi connectivity index (χ1) is 13.3. The highest BCUT2D eigenvalue weighted by atomic mass is 16.2. The Hall–Kier alpha value is -3.06. The number of pyridine rings is 1. The van der Waals surface area contributed by atoms with E-state index >= 15 is 0 Å². The van der Waals surface area contributed by atoms with Crippen LogP contribution in [0.15, 0.2) is 48.9 Å². The second-order valence-electron chi connectivity index (χ2n) is 6.57. The van der Waals surface area contributed by atoms with E-state index in [1.165, 1.54) is 0 Å². The number of benzene rings is 1. The zero-order valence-corrected chi connectivity index (χ0v) is 15.1. The predicted molar refractivity (Wildman–Crippen MR) is 104 cm³/mol. The summed E-state index contributed by atoms with van der Waals surface area (Å²) in [6, 6.07) is 10.2. The topological polar surface area (TPSA) is 83.0 Å². The summed E-state index contributed by atoms with van der Waals surface area (Å²) < 4.78 is 0. The lowest BCUT2D eigenvalue weighted by Crippen LogP contribution is -2.34. The Morgan fingerprint density at radius 2 is 2.07 bits per heavy atom. The minimum atomic E-state index is -0.0571. The maximum atomic E-state index is 12.5. The van der Waals surface area contributed by atoms with Crippen LogP contribution in [0.2, 0.25) is 0 Å². The van der Waals surface area contributed by atoms with Gasteiger partial charge in [0.2, 0.25) is 0 Å². The zero-order chi connectivity index (χ0) is 18.5. The molecule has 138 valence electrons. The highest BCUT2D eigenvalue weighted by Crippen LogP contribution is 2.14. The number of anilines is 1. The molecule has 1 amide bonds. The van der Waals surface area contributed by atoms with Crippen molar-refractivity contribution < 1.29 is 4.79 Å². The van der Waals surface area contributed by atoms with Gasteiger partial charge in [0.05, 0.1) is 17.9 Å². The van der Waals surface area contributed by atoms with Gasteiger partial charge < -0.3 is 15.5 Å². The summed E-state index contributed by atoms with van der Waals surface area (Å²) >= 11 is 0. The number of nitrogens with zero attached hydrogens (tertiary/aromatic N) is 4. The van der Waals surface area contributed by atoms with E-state index in [0.717, 1.165) is 42.5 Å². The third kappa shape index (κ3) is 4.20. The quantitative estimate of drug-likeness (QED) is 0.739. The van der Waals surface area contributed by atoms with Crippen LogP contribution in [-0.4, -0.2) is 51.9 Å². The molecule has 0 unspecified atom stereocenters. The van der Waals surface area contributed by atoms with Gasteiger partial charge >= 0.3 is 0 Å². The van der Waals surface area contributed by atoms with Gasteiger partial charge in [-0.3, -0.25) is 9.78 Å². The Labute approximate surface area is 157 Å². The lowest BCUT2D eigenvalue weighted by atomic mass is 10.1. The summed E-state index contributed by atoms with van der Waals surface area (Å²) in [4.78, 5) is 27.4. The maximum Gasteiger partial charge on any atom is 0.274 e. The van der Waals surface area contributed by atoms with Crippen molar-refractivity contribution in [2.75, 3.05) is 31.5 Å². The fourth-order valence-electron chi connectivity index (χ4n) is 3.16. The lowest BCUT2D eigenvalue weighted by molar-refractivity contribution is 0.0760. The first-order valence-corrected chi connectivity index (χ1v) is 9.19. The molecule has 1 saturated heterocycles. The van der Waals surface area contributed by atoms with E-state index in [9.17, 15) is 4.79 Å². The van der Waals surface area contributed by atoms with Crippen molar-refractivity contribution in [3.63, 3.8) is 0 Å². The first kappa shape index (κ1) is 17.4. The van der Waals surface area contributed by atoms with E-state index < -0.39 is 0 Å². The highest BCUT2D eigenvalue weighted by Gasteiger charge is 2.18. The van der Waals surface area contributed by atoms with Gasteiger partial charge in [-0.05, 0) is 30.7 Å². The maximum absolute atomic E-state index is 12.5. The van der Waals surface area contributed by atoms with Crippen molar-refractivity contribution in [3.05, 3.63) is 60.2 Å². The van der Waals surface area contributed by atoms with E-state index in [1.807, 2.05) is 17.0 Å². The van der Waals surface area contributed by atoms with Crippen molar-refractivity contribution in [2.45, 2.75) is 13.0 Å². The minimum Gasteiger partial charge on any atom is -0.365 e. The molecule has 1 fully saturated rings. The molecule has 1 aliphatic rings. The molecule has 1 aliphatic heterocycles. The molecule has 2 N–H and O–H groups in total. The summed E-state index contributed by atoms with van der Waals surface area (Å²) in [5, 5.41) is 7.65. The van der Waals surface area contributed by atoms with Gasteiger partial charge in [-0.15, -0.1) is 0 Å². The van der Waals surface area contributed by atoms with Crippen LogP contribution < -0.4 is 10.6 Å². The minimum absolute atomic E-state index is 0.0571. The van der Waals surface area contributed by atoms with Gasteiger partial charge in [-0.25, -0.2) is 9.97 Å². The zero-order valence-electron chi connectivity index (χ0n) is 15.1.